The van der Waals surface area contributed by atoms with Crippen LogP contribution in [-0.4, -0.2) is 34.8 Å². The fraction of sp³-hybridized carbons (Fsp3) is 0.857. The van der Waals surface area contributed by atoms with Gasteiger partial charge in [0, 0.05) is 30.8 Å². The number of likely N-dealkylation sites (tertiary alicyclic amines) is 1. The Balaban J connectivity index is 2.02. The first-order valence-electron chi connectivity index (χ1n) is 7.07. The first-order valence-corrected chi connectivity index (χ1v) is 7.07. The van der Waals surface area contributed by atoms with Crippen LogP contribution < -0.4 is 0 Å². The van der Waals surface area contributed by atoms with Crippen molar-refractivity contribution >= 4 is 11.6 Å². The molecule has 2 aliphatic rings. The molecule has 1 saturated heterocycles. The molecule has 0 bridgehead atoms. The summed E-state index contributed by atoms with van der Waals surface area (Å²) in [5.74, 6) is 0.492. The molecule has 1 heterocycles. The lowest BCUT2D eigenvalue weighted by molar-refractivity contribution is -0.143. The highest BCUT2D eigenvalue weighted by atomic mass is 16.4. The van der Waals surface area contributed by atoms with Gasteiger partial charge >= 0.3 is 0 Å². The average Bonchev–Trinajstić information content (AvgIpc) is 2.38. The van der Waals surface area contributed by atoms with E-state index in [0.717, 1.165) is 18.6 Å². The SMILES string of the molecule is CC1CN(C(=O)C2(C)CCCCC2)CCC1=NO. The van der Waals surface area contributed by atoms with Crippen molar-refractivity contribution in [2.45, 2.75) is 52.4 Å². The second kappa shape index (κ2) is 5.29. The lowest BCUT2D eigenvalue weighted by Gasteiger charge is -2.40. The summed E-state index contributed by atoms with van der Waals surface area (Å²) in [5, 5.41) is 12.2. The largest absolute Gasteiger partial charge is 0.411 e. The van der Waals surface area contributed by atoms with Gasteiger partial charge in [0.2, 0.25) is 5.91 Å². The van der Waals surface area contributed by atoms with Crippen LogP contribution in [0.3, 0.4) is 0 Å². The number of amides is 1. The third-order valence-electron chi connectivity index (χ3n) is 4.59. The number of carbonyl (C=O) groups excluding carboxylic acids is 1. The Morgan fingerprint density at radius 2 is 2.06 bits per heavy atom. The molecule has 102 valence electrons. The molecule has 1 aliphatic carbocycles. The lowest BCUT2D eigenvalue weighted by Crippen LogP contribution is -2.49. The van der Waals surface area contributed by atoms with E-state index in [2.05, 4.69) is 12.1 Å². The fourth-order valence-electron chi connectivity index (χ4n) is 3.28. The molecule has 1 unspecified atom stereocenters. The number of piperidine rings is 1. The second-order valence-electron chi connectivity index (χ2n) is 6.11. The summed E-state index contributed by atoms with van der Waals surface area (Å²) in [7, 11) is 0. The van der Waals surface area contributed by atoms with Crippen molar-refractivity contribution < 1.29 is 10.0 Å². The summed E-state index contributed by atoms with van der Waals surface area (Å²) in [6.07, 6.45) is 6.37. The average molecular weight is 252 g/mol. The zero-order valence-corrected chi connectivity index (χ0v) is 11.5. The Morgan fingerprint density at radius 1 is 1.39 bits per heavy atom. The number of carbonyl (C=O) groups is 1. The topological polar surface area (TPSA) is 52.9 Å². The van der Waals surface area contributed by atoms with Gasteiger partial charge in [-0.05, 0) is 12.8 Å². The maximum atomic E-state index is 12.6. The van der Waals surface area contributed by atoms with Crippen LogP contribution in [0, 0.1) is 11.3 Å². The van der Waals surface area contributed by atoms with Crippen molar-refractivity contribution in [1.29, 1.82) is 0 Å². The molecule has 1 amide bonds. The van der Waals surface area contributed by atoms with E-state index < -0.39 is 0 Å². The Labute approximate surface area is 109 Å². The van der Waals surface area contributed by atoms with Crippen LogP contribution >= 0.6 is 0 Å². The van der Waals surface area contributed by atoms with Gasteiger partial charge in [0.05, 0.1) is 5.71 Å². The van der Waals surface area contributed by atoms with Gasteiger partial charge in [-0.3, -0.25) is 4.79 Å². The van der Waals surface area contributed by atoms with Crippen molar-refractivity contribution in [2.24, 2.45) is 16.5 Å². The highest BCUT2D eigenvalue weighted by Crippen LogP contribution is 2.38. The summed E-state index contributed by atoms with van der Waals surface area (Å²) < 4.78 is 0. The minimum Gasteiger partial charge on any atom is -0.411 e. The van der Waals surface area contributed by atoms with E-state index in [4.69, 9.17) is 5.21 Å². The molecule has 4 nitrogen and oxygen atoms in total. The molecular weight excluding hydrogens is 228 g/mol. The van der Waals surface area contributed by atoms with Gasteiger partial charge in [0.15, 0.2) is 0 Å². The quantitative estimate of drug-likeness (QED) is 0.576. The zero-order valence-electron chi connectivity index (χ0n) is 11.5. The Kier molecular flexibility index (Phi) is 3.93. The molecule has 0 aromatic rings. The number of hydrogen-bond acceptors (Lipinski definition) is 3. The summed E-state index contributed by atoms with van der Waals surface area (Å²) in [4.78, 5) is 14.6. The van der Waals surface area contributed by atoms with Crippen molar-refractivity contribution in [3.8, 4) is 0 Å². The second-order valence-corrected chi connectivity index (χ2v) is 6.11. The van der Waals surface area contributed by atoms with Crippen molar-refractivity contribution in [1.82, 2.24) is 4.90 Å². The standard InChI is InChI=1S/C14H24N2O2/c1-11-10-16(9-6-12(11)15-18)13(17)14(2)7-4-3-5-8-14/h11,18H,3-10H2,1-2H3. The molecule has 18 heavy (non-hydrogen) atoms. The molecule has 2 rings (SSSR count). The van der Waals surface area contributed by atoms with Gasteiger partial charge in [-0.1, -0.05) is 38.3 Å². The van der Waals surface area contributed by atoms with Gasteiger partial charge in [-0.15, -0.1) is 0 Å². The van der Waals surface area contributed by atoms with E-state index in [0.29, 0.717) is 25.4 Å². The van der Waals surface area contributed by atoms with Gasteiger partial charge in [-0.2, -0.15) is 0 Å². The van der Waals surface area contributed by atoms with Crippen LogP contribution in [0.1, 0.15) is 52.4 Å². The van der Waals surface area contributed by atoms with Crippen LogP contribution in [0.4, 0.5) is 0 Å². The van der Waals surface area contributed by atoms with Gasteiger partial charge in [0.1, 0.15) is 0 Å². The van der Waals surface area contributed by atoms with Crippen LogP contribution in [0.2, 0.25) is 0 Å². The summed E-state index contributed by atoms with van der Waals surface area (Å²) in [6.45, 7) is 5.55. The molecular formula is C14H24N2O2. The number of rotatable bonds is 1. The van der Waals surface area contributed by atoms with Crippen molar-refractivity contribution in [3.63, 3.8) is 0 Å². The molecule has 1 aliphatic heterocycles. The molecule has 1 atom stereocenters. The van der Waals surface area contributed by atoms with Crippen LogP contribution in [-0.2, 0) is 4.79 Å². The first kappa shape index (κ1) is 13.4. The summed E-state index contributed by atoms with van der Waals surface area (Å²) in [5.41, 5.74) is 0.680. The summed E-state index contributed by atoms with van der Waals surface area (Å²) >= 11 is 0. The maximum Gasteiger partial charge on any atom is 0.228 e. The molecule has 0 aromatic heterocycles. The minimum atomic E-state index is -0.147. The molecule has 0 radical (unpaired) electrons. The van der Waals surface area contributed by atoms with Crippen molar-refractivity contribution in [2.75, 3.05) is 13.1 Å². The smallest absolute Gasteiger partial charge is 0.228 e. The predicted molar refractivity (Wildman–Crippen MR) is 70.8 cm³/mol. The molecule has 0 aromatic carbocycles. The molecule has 4 heteroatoms. The van der Waals surface area contributed by atoms with Crippen LogP contribution in [0.25, 0.3) is 0 Å². The van der Waals surface area contributed by atoms with Crippen LogP contribution in [0.5, 0.6) is 0 Å². The Bertz CT molecular complexity index is 346. The van der Waals surface area contributed by atoms with Gasteiger partial charge in [-0.25, -0.2) is 0 Å². The number of hydrogen-bond donors (Lipinski definition) is 1. The number of oxime groups is 1. The monoisotopic (exact) mass is 252 g/mol. The third kappa shape index (κ3) is 2.52. The number of nitrogens with zero attached hydrogens (tertiary/aromatic N) is 2. The van der Waals surface area contributed by atoms with Gasteiger partial charge < -0.3 is 10.1 Å². The van der Waals surface area contributed by atoms with E-state index in [1.165, 1.54) is 19.3 Å². The Hall–Kier alpha value is -1.06. The zero-order chi connectivity index (χ0) is 13.2. The lowest BCUT2D eigenvalue weighted by atomic mass is 9.74. The van der Waals surface area contributed by atoms with Crippen LogP contribution in [0.15, 0.2) is 5.16 Å². The predicted octanol–water partition coefficient (Wildman–Crippen LogP) is 2.66. The van der Waals surface area contributed by atoms with E-state index in [1.807, 2.05) is 11.8 Å². The van der Waals surface area contributed by atoms with E-state index in [9.17, 15) is 4.79 Å². The Morgan fingerprint density at radius 3 is 2.61 bits per heavy atom. The fourth-order valence-corrected chi connectivity index (χ4v) is 3.28. The molecule has 2 fully saturated rings. The molecule has 0 spiro atoms. The third-order valence-corrected chi connectivity index (χ3v) is 4.59. The molecule has 1 N–H and O–H groups in total. The highest BCUT2D eigenvalue weighted by molar-refractivity contribution is 5.90. The van der Waals surface area contributed by atoms with E-state index in [1.54, 1.807) is 0 Å². The van der Waals surface area contributed by atoms with E-state index in [-0.39, 0.29) is 11.3 Å². The maximum absolute atomic E-state index is 12.6. The normalized spacial score (nSPS) is 30.4. The van der Waals surface area contributed by atoms with Crippen molar-refractivity contribution in [3.05, 3.63) is 0 Å². The highest BCUT2D eigenvalue weighted by Gasteiger charge is 2.39. The van der Waals surface area contributed by atoms with Gasteiger partial charge in [0.25, 0.3) is 0 Å². The summed E-state index contributed by atoms with van der Waals surface area (Å²) in [6, 6.07) is 0. The first-order chi connectivity index (χ1) is 8.57. The van der Waals surface area contributed by atoms with E-state index >= 15 is 0 Å². The minimum absolute atomic E-state index is 0.147. The molecule has 1 saturated carbocycles.